The molecule has 3 rings (SSSR count). The minimum atomic E-state index is -0.422. The minimum absolute atomic E-state index is 0.0264. The van der Waals surface area contributed by atoms with E-state index in [0.29, 0.717) is 16.5 Å². The van der Waals surface area contributed by atoms with Gasteiger partial charge in [-0.25, -0.2) is 4.79 Å². The van der Waals surface area contributed by atoms with Gasteiger partial charge in [0.15, 0.2) is 11.5 Å². The molecule has 2 amide bonds. The number of urea groups is 1. The molecule has 2 N–H and O–H groups in total. The van der Waals surface area contributed by atoms with Gasteiger partial charge >= 0.3 is 6.03 Å². The molecule has 0 aliphatic carbocycles. The average molecular weight is 296 g/mol. The molecule has 2 aliphatic heterocycles. The van der Waals surface area contributed by atoms with Crippen molar-refractivity contribution in [2.75, 3.05) is 6.79 Å². The van der Waals surface area contributed by atoms with E-state index >= 15 is 0 Å². The molecule has 1 aromatic rings. The Morgan fingerprint density at radius 1 is 1.45 bits per heavy atom. The molecule has 1 aromatic carbocycles. The van der Waals surface area contributed by atoms with Crippen LogP contribution < -0.4 is 15.2 Å². The number of halogens is 1. The van der Waals surface area contributed by atoms with Crippen LogP contribution in [0.4, 0.5) is 4.79 Å². The van der Waals surface area contributed by atoms with Gasteiger partial charge in [-0.1, -0.05) is 11.6 Å². The van der Waals surface area contributed by atoms with E-state index in [1.54, 1.807) is 17.0 Å². The first kappa shape index (κ1) is 13.1. The lowest BCUT2D eigenvalue weighted by Crippen LogP contribution is -2.38. The number of carbonyl (C=O) groups excluding carboxylic acids is 1. The maximum absolute atomic E-state index is 11.9. The zero-order valence-corrected chi connectivity index (χ0v) is 11.8. The Hall–Kier alpha value is -1.95. The fourth-order valence-electron chi connectivity index (χ4n) is 2.48. The van der Waals surface area contributed by atoms with Crippen molar-refractivity contribution in [2.24, 2.45) is 10.7 Å². The number of rotatable bonds is 2. The van der Waals surface area contributed by atoms with Crippen LogP contribution in [0.25, 0.3) is 0 Å². The Labute approximate surface area is 121 Å². The number of hydrogen-bond acceptors (Lipinski definition) is 4. The third-order valence-corrected chi connectivity index (χ3v) is 3.61. The molecule has 106 valence electrons. The van der Waals surface area contributed by atoms with Gasteiger partial charge in [0.25, 0.3) is 0 Å². The summed E-state index contributed by atoms with van der Waals surface area (Å²) in [5, 5.41) is 0.436. The molecular weight excluding hydrogens is 282 g/mol. The van der Waals surface area contributed by atoms with Gasteiger partial charge in [-0.15, -0.1) is 0 Å². The number of aliphatic imine (C=N–C) groups is 1. The third-order valence-electron chi connectivity index (χ3n) is 3.33. The van der Waals surface area contributed by atoms with Crippen molar-refractivity contribution < 1.29 is 14.3 Å². The van der Waals surface area contributed by atoms with E-state index in [0.717, 1.165) is 5.56 Å². The predicted molar refractivity (Wildman–Crippen MR) is 74.3 cm³/mol. The van der Waals surface area contributed by atoms with Crippen LogP contribution in [0.2, 0.25) is 5.02 Å². The van der Waals surface area contributed by atoms with Crippen molar-refractivity contribution in [3.05, 3.63) is 22.7 Å². The number of carbonyl (C=O) groups is 1. The van der Waals surface area contributed by atoms with Crippen LogP contribution in [0.1, 0.15) is 25.5 Å². The summed E-state index contributed by atoms with van der Waals surface area (Å²) in [6, 6.07) is 2.73. The highest BCUT2D eigenvalue weighted by atomic mass is 35.5. The number of fused-ring (bicyclic) bond motifs is 1. The SMILES string of the molecule is CC(C)N1C(=O)N=C(N)C1c1cc(Cl)c2c(c1)OCO2. The predicted octanol–water partition coefficient (Wildman–Crippen LogP) is 2.31. The van der Waals surface area contributed by atoms with Gasteiger partial charge in [-0.3, -0.25) is 0 Å². The van der Waals surface area contributed by atoms with E-state index in [1.807, 2.05) is 13.8 Å². The molecule has 6 nitrogen and oxygen atoms in total. The largest absolute Gasteiger partial charge is 0.454 e. The molecule has 0 bridgehead atoms. The summed E-state index contributed by atoms with van der Waals surface area (Å²) >= 11 is 6.18. The molecule has 2 aliphatic rings. The lowest BCUT2D eigenvalue weighted by atomic mass is 10.0. The molecule has 0 saturated carbocycles. The van der Waals surface area contributed by atoms with Crippen molar-refractivity contribution in [2.45, 2.75) is 25.9 Å². The molecule has 2 heterocycles. The molecule has 20 heavy (non-hydrogen) atoms. The topological polar surface area (TPSA) is 77.2 Å². The summed E-state index contributed by atoms with van der Waals surface area (Å²) in [6.07, 6.45) is 0. The normalized spacial score (nSPS) is 20.8. The van der Waals surface area contributed by atoms with Gasteiger partial charge in [-0.2, -0.15) is 4.99 Å². The number of amidine groups is 1. The van der Waals surface area contributed by atoms with Crippen molar-refractivity contribution in [1.82, 2.24) is 4.90 Å². The van der Waals surface area contributed by atoms with Crippen LogP contribution in [0.15, 0.2) is 17.1 Å². The molecule has 0 spiro atoms. The van der Waals surface area contributed by atoms with Gasteiger partial charge in [0.1, 0.15) is 11.9 Å². The number of hydrogen-bond donors (Lipinski definition) is 1. The van der Waals surface area contributed by atoms with Crippen LogP contribution in [0.5, 0.6) is 11.5 Å². The monoisotopic (exact) mass is 295 g/mol. The highest BCUT2D eigenvalue weighted by molar-refractivity contribution is 6.32. The van der Waals surface area contributed by atoms with Crippen LogP contribution in [-0.4, -0.2) is 29.6 Å². The van der Waals surface area contributed by atoms with Crippen molar-refractivity contribution >= 4 is 23.5 Å². The number of nitrogens with two attached hydrogens (primary N) is 1. The van der Waals surface area contributed by atoms with Gasteiger partial charge in [-0.05, 0) is 31.5 Å². The Bertz CT molecular complexity index is 615. The average Bonchev–Trinajstić information content (AvgIpc) is 2.93. The summed E-state index contributed by atoms with van der Waals surface area (Å²) in [4.78, 5) is 17.4. The second kappa shape index (κ2) is 4.56. The van der Waals surface area contributed by atoms with Crippen LogP contribution in [-0.2, 0) is 0 Å². The third kappa shape index (κ3) is 1.87. The summed E-state index contributed by atoms with van der Waals surface area (Å²) in [5.41, 5.74) is 6.66. The Morgan fingerprint density at radius 3 is 2.90 bits per heavy atom. The first-order chi connectivity index (χ1) is 9.49. The first-order valence-corrected chi connectivity index (χ1v) is 6.62. The van der Waals surface area contributed by atoms with Crippen molar-refractivity contribution in [1.29, 1.82) is 0 Å². The smallest absolute Gasteiger partial charge is 0.346 e. The second-order valence-corrected chi connectivity index (χ2v) is 5.37. The summed E-state index contributed by atoms with van der Waals surface area (Å²) in [7, 11) is 0. The minimum Gasteiger partial charge on any atom is -0.454 e. The van der Waals surface area contributed by atoms with Gasteiger partial charge < -0.3 is 20.1 Å². The Balaban J connectivity index is 2.06. The molecule has 1 atom stereocenters. The summed E-state index contributed by atoms with van der Waals surface area (Å²) in [6.45, 7) is 3.96. The fourth-order valence-corrected chi connectivity index (χ4v) is 2.75. The molecule has 0 fully saturated rings. The van der Waals surface area contributed by atoms with E-state index < -0.39 is 6.04 Å². The zero-order chi connectivity index (χ0) is 14.4. The molecule has 7 heteroatoms. The van der Waals surface area contributed by atoms with Gasteiger partial charge in [0.2, 0.25) is 6.79 Å². The number of nitrogens with zero attached hydrogens (tertiary/aromatic N) is 2. The van der Waals surface area contributed by atoms with Gasteiger partial charge in [0.05, 0.1) is 5.02 Å². The van der Waals surface area contributed by atoms with E-state index in [-0.39, 0.29) is 24.7 Å². The Morgan fingerprint density at radius 2 is 2.20 bits per heavy atom. The molecule has 0 radical (unpaired) electrons. The van der Waals surface area contributed by atoms with Crippen LogP contribution in [0, 0.1) is 0 Å². The number of ether oxygens (including phenoxy) is 2. The maximum Gasteiger partial charge on any atom is 0.346 e. The lowest BCUT2D eigenvalue weighted by Gasteiger charge is -2.28. The number of benzene rings is 1. The Kier molecular flexibility index (Phi) is 2.97. The molecular formula is C13H14ClN3O3. The lowest BCUT2D eigenvalue weighted by molar-refractivity contribution is 0.173. The standard InChI is InChI=1S/C13H14ClN3O3/c1-6(2)17-10(12(15)16-13(17)18)7-3-8(14)11-9(4-7)19-5-20-11/h3-4,6,10H,5H2,1-2H3,(H2,15,16,18). The van der Waals surface area contributed by atoms with Gasteiger partial charge in [0, 0.05) is 6.04 Å². The van der Waals surface area contributed by atoms with Crippen LogP contribution in [0.3, 0.4) is 0 Å². The molecule has 0 aromatic heterocycles. The fraction of sp³-hybridized carbons (Fsp3) is 0.385. The highest BCUT2D eigenvalue weighted by Crippen LogP contribution is 2.42. The van der Waals surface area contributed by atoms with E-state index in [1.165, 1.54) is 0 Å². The maximum atomic E-state index is 11.9. The summed E-state index contributed by atoms with van der Waals surface area (Å²) in [5.74, 6) is 1.34. The summed E-state index contributed by atoms with van der Waals surface area (Å²) < 4.78 is 10.6. The van der Waals surface area contributed by atoms with E-state index in [9.17, 15) is 4.79 Å². The van der Waals surface area contributed by atoms with Crippen molar-refractivity contribution in [3.63, 3.8) is 0 Å². The second-order valence-electron chi connectivity index (χ2n) is 4.96. The first-order valence-electron chi connectivity index (χ1n) is 6.24. The van der Waals surface area contributed by atoms with E-state index in [4.69, 9.17) is 26.8 Å². The molecule has 0 saturated heterocycles. The van der Waals surface area contributed by atoms with Crippen LogP contribution >= 0.6 is 11.6 Å². The molecule has 1 unspecified atom stereocenters. The highest BCUT2D eigenvalue weighted by Gasteiger charge is 2.37. The van der Waals surface area contributed by atoms with E-state index in [2.05, 4.69) is 4.99 Å². The number of amides is 2. The quantitative estimate of drug-likeness (QED) is 0.908. The zero-order valence-electron chi connectivity index (χ0n) is 11.1. The van der Waals surface area contributed by atoms with Crippen molar-refractivity contribution in [3.8, 4) is 11.5 Å².